The number of rotatable bonds is 9. The molecule has 1 aromatic carbocycles. The van der Waals surface area contributed by atoms with E-state index in [9.17, 15) is 9.59 Å². The quantitative estimate of drug-likeness (QED) is 0.381. The number of hydrogen-bond donors (Lipinski definition) is 0. The van der Waals surface area contributed by atoms with E-state index in [0.717, 1.165) is 24.0 Å². The third-order valence-corrected chi connectivity index (χ3v) is 4.62. The summed E-state index contributed by atoms with van der Waals surface area (Å²) >= 11 is 0. The van der Waals surface area contributed by atoms with Gasteiger partial charge in [0, 0.05) is 18.7 Å². The molecule has 0 aliphatic heterocycles. The minimum Gasteiger partial charge on any atom is -0.347 e. The Hall–Kier alpha value is -2.46. The summed E-state index contributed by atoms with van der Waals surface area (Å²) in [5.74, 6) is -0.243. The van der Waals surface area contributed by atoms with Gasteiger partial charge in [0.15, 0.2) is 11.5 Å². The highest BCUT2D eigenvalue weighted by Gasteiger charge is 2.35. The molecule has 0 aromatic heterocycles. The van der Waals surface area contributed by atoms with Crippen LogP contribution in [0.3, 0.4) is 0 Å². The minimum absolute atomic E-state index is 0.0279. The van der Waals surface area contributed by atoms with Crippen LogP contribution in [0.15, 0.2) is 66.3 Å². The average Bonchev–Trinajstić information content (AvgIpc) is 2.64. The van der Waals surface area contributed by atoms with Crippen LogP contribution in [0, 0.1) is 5.92 Å². The Labute approximate surface area is 155 Å². The monoisotopic (exact) mass is 353 g/mol. The SMILES string of the molecule is C=C(C)CCC(C=O)COC1(N(C)c2ccccc2)C=CC(=O)C(C)=C1. The Morgan fingerprint density at radius 1 is 1.35 bits per heavy atom. The first-order valence-electron chi connectivity index (χ1n) is 8.83. The maximum Gasteiger partial charge on any atom is 0.181 e. The van der Waals surface area contributed by atoms with Crippen LogP contribution in [0.1, 0.15) is 26.7 Å². The lowest BCUT2D eigenvalue weighted by Crippen LogP contribution is -2.48. The summed E-state index contributed by atoms with van der Waals surface area (Å²) in [5, 5.41) is 0. The number of allylic oxidation sites excluding steroid dienone is 3. The topological polar surface area (TPSA) is 46.6 Å². The van der Waals surface area contributed by atoms with Crippen molar-refractivity contribution in [1.82, 2.24) is 0 Å². The van der Waals surface area contributed by atoms with Crippen molar-refractivity contribution in [3.05, 3.63) is 66.3 Å². The van der Waals surface area contributed by atoms with Gasteiger partial charge in [0.05, 0.1) is 6.61 Å². The molecule has 0 spiro atoms. The summed E-state index contributed by atoms with van der Waals surface area (Å²) in [5.41, 5.74) is 1.73. The van der Waals surface area contributed by atoms with Gasteiger partial charge in [0.2, 0.25) is 0 Å². The normalized spacial score (nSPS) is 20.4. The number of carbonyl (C=O) groups is 2. The van der Waals surface area contributed by atoms with Crippen molar-refractivity contribution in [2.75, 3.05) is 18.6 Å². The van der Waals surface area contributed by atoms with Crippen molar-refractivity contribution >= 4 is 17.8 Å². The number of ether oxygens (including phenoxy) is 1. The average molecular weight is 353 g/mol. The predicted octanol–water partition coefficient (Wildman–Crippen LogP) is 4.09. The zero-order valence-corrected chi connectivity index (χ0v) is 15.8. The van der Waals surface area contributed by atoms with Gasteiger partial charge in [-0.1, -0.05) is 23.8 Å². The lowest BCUT2D eigenvalue weighted by atomic mass is 9.97. The second-order valence-electron chi connectivity index (χ2n) is 6.87. The molecule has 0 fully saturated rings. The van der Waals surface area contributed by atoms with Gasteiger partial charge in [-0.25, -0.2) is 0 Å². The molecule has 4 nitrogen and oxygen atoms in total. The Morgan fingerprint density at radius 3 is 2.62 bits per heavy atom. The first-order chi connectivity index (χ1) is 12.4. The first-order valence-corrected chi connectivity index (χ1v) is 8.83. The number of nitrogens with zero attached hydrogens (tertiary/aromatic N) is 1. The second-order valence-corrected chi connectivity index (χ2v) is 6.87. The molecule has 0 saturated heterocycles. The smallest absolute Gasteiger partial charge is 0.181 e. The molecule has 1 aliphatic rings. The van der Waals surface area contributed by atoms with Gasteiger partial charge in [0.1, 0.15) is 6.29 Å². The Kier molecular flexibility index (Phi) is 6.70. The van der Waals surface area contributed by atoms with Crippen molar-refractivity contribution in [3.63, 3.8) is 0 Å². The fraction of sp³-hybridized carbons (Fsp3) is 0.364. The van der Waals surface area contributed by atoms with Crippen LogP contribution in [-0.4, -0.2) is 31.4 Å². The second kappa shape index (κ2) is 8.77. The lowest BCUT2D eigenvalue weighted by molar-refractivity contribution is -0.115. The van der Waals surface area contributed by atoms with E-state index in [2.05, 4.69) is 6.58 Å². The molecule has 0 saturated carbocycles. The molecule has 2 atom stereocenters. The molecular weight excluding hydrogens is 326 g/mol. The van der Waals surface area contributed by atoms with E-state index in [0.29, 0.717) is 12.0 Å². The van der Waals surface area contributed by atoms with Gasteiger partial charge in [-0.3, -0.25) is 4.79 Å². The number of aldehydes is 1. The first kappa shape index (κ1) is 19.9. The molecular formula is C22H27NO3. The summed E-state index contributed by atoms with van der Waals surface area (Å²) in [4.78, 5) is 25.3. The predicted molar refractivity (Wildman–Crippen MR) is 105 cm³/mol. The van der Waals surface area contributed by atoms with Crippen LogP contribution < -0.4 is 4.90 Å². The van der Waals surface area contributed by atoms with Gasteiger partial charge in [-0.05, 0) is 62.6 Å². The summed E-state index contributed by atoms with van der Waals surface area (Å²) in [6, 6.07) is 9.82. The molecule has 1 aromatic rings. The Morgan fingerprint density at radius 2 is 2.04 bits per heavy atom. The molecule has 0 heterocycles. The number of benzene rings is 1. The van der Waals surface area contributed by atoms with Crippen LogP contribution in [0.2, 0.25) is 0 Å². The minimum atomic E-state index is -0.899. The number of ketones is 1. The van der Waals surface area contributed by atoms with E-state index >= 15 is 0 Å². The van der Waals surface area contributed by atoms with Crippen LogP contribution in [0.25, 0.3) is 0 Å². The van der Waals surface area contributed by atoms with Gasteiger partial charge in [-0.2, -0.15) is 0 Å². The molecule has 26 heavy (non-hydrogen) atoms. The standard InChI is InChI=1S/C22H27NO3/c1-17(2)10-11-19(15-24)16-26-22(13-12-21(25)18(3)14-22)23(4)20-8-6-5-7-9-20/h5-9,12-15,19H,1,10-11,16H2,2-4H3. The van der Waals surface area contributed by atoms with Crippen molar-refractivity contribution in [3.8, 4) is 0 Å². The van der Waals surface area contributed by atoms with E-state index < -0.39 is 5.72 Å². The molecule has 4 heteroatoms. The fourth-order valence-corrected chi connectivity index (χ4v) is 2.87. The van der Waals surface area contributed by atoms with Crippen LogP contribution in [-0.2, 0) is 14.3 Å². The Bertz CT molecular complexity index is 720. The fourth-order valence-electron chi connectivity index (χ4n) is 2.87. The third-order valence-electron chi connectivity index (χ3n) is 4.62. The lowest BCUT2D eigenvalue weighted by Gasteiger charge is -2.40. The highest BCUT2D eigenvalue weighted by atomic mass is 16.5. The maximum atomic E-state index is 11.9. The molecule has 2 rings (SSSR count). The van der Waals surface area contributed by atoms with Crippen LogP contribution >= 0.6 is 0 Å². The van der Waals surface area contributed by atoms with Gasteiger partial charge < -0.3 is 14.4 Å². The highest BCUT2D eigenvalue weighted by Crippen LogP contribution is 2.31. The van der Waals surface area contributed by atoms with E-state index in [1.165, 1.54) is 0 Å². The zero-order valence-electron chi connectivity index (χ0n) is 15.8. The molecule has 138 valence electrons. The van der Waals surface area contributed by atoms with E-state index in [-0.39, 0.29) is 18.3 Å². The molecule has 0 amide bonds. The molecule has 0 radical (unpaired) electrons. The number of carbonyl (C=O) groups excluding carboxylic acids is 2. The molecule has 1 aliphatic carbocycles. The van der Waals surface area contributed by atoms with Gasteiger partial charge in [0.25, 0.3) is 0 Å². The number of hydrogen-bond acceptors (Lipinski definition) is 4. The molecule has 0 bridgehead atoms. The van der Waals surface area contributed by atoms with Gasteiger partial charge in [-0.15, -0.1) is 6.58 Å². The summed E-state index contributed by atoms with van der Waals surface area (Å²) in [7, 11) is 1.92. The molecule has 2 unspecified atom stereocenters. The van der Waals surface area contributed by atoms with Crippen molar-refractivity contribution < 1.29 is 14.3 Å². The van der Waals surface area contributed by atoms with Crippen LogP contribution in [0.4, 0.5) is 5.69 Å². The summed E-state index contributed by atoms with van der Waals surface area (Å²) in [6.07, 6.45) is 7.55. The van der Waals surface area contributed by atoms with E-state index in [1.54, 1.807) is 19.1 Å². The van der Waals surface area contributed by atoms with E-state index in [1.807, 2.05) is 55.3 Å². The van der Waals surface area contributed by atoms with Crippen LogP contribution in [0.5, 0.6) is 0 Å². The van der Waals surface area contributed by atoms with Crippen molar-refractivity contribution in [2.45, 2.75) is 32.4 Å². The number of para-hydroxylation sites is 1. The number of likely N-dealkylation sites (N-methyl/N-ethyl adjacent to an activating group) is 1. The zero-order chi connectivity index (χ0) is 19.2. The van der Waals surface area contributed by atoms with E-state index in [4.69, 9.17) is 4.74 Å². The highest BCUT2D eigenvalue weighted by molar-refractivity contribution is 6.05. The molecule has 0 N–H and O–H groups in total. The largest absolute Gasteiger partial charge is 0.347 e. The van der Waals surface area contributed by atoms with Gasteiger partial charge >= 0.3 is 0 Å². The Balaban J connectivity index is 2.25. The maximum absolute atomic E-state index is 11.9. The summed E-state index contributed by atoms with van der Waals surface area (Å²) < 4.78 is 6.24. The van der Waals surface area contributed by atoms with Crippen molar-refractivity contribution in [1.29, 1.82) is 0 Å². The van der Waals surface area contributed by atoms with Crippen molar-refractivity contribution in [2.24, 2.45) is 5.92 Å². The number of anilines is 1. The third kappa shape index (κ3) is 4.79. The summed E-state index contributed by atoms with van der Waals surface area (Å²) in [6.45, 7) is 7.89.